The van der Waals surface area contributed by atoms with Gasteiger partial charge in [0, 0.05) is 25.9 Å². The summed E-state index contributed by atoms with van der Waals surface area (Å²) in [6.45, 7) is 1.14. The number of hydrogen-bond acceptors (Lipinski definition) is 3. The van der Waals surface area contributed by atoms with Crippen LogP contribution in [0.15, 0.2) is 4.99 Å². The number of nitrogens with two attached hydrogens (primary N) is 2. The topological polar surface area (TPSA) is 131 Å². The molecule has 6 N–H and O–H groups in total. The molecule has 0 rings (SSSR count). The second-order valence-corrected chi connectivity index (χ2v) is 4.32. The fourth-order valence-corrected chi connectivity index (χ4v) is 1.50. The Morgan fingerprint density at radius 1 is 1.00 bits per heavy atom. The Morgan fingerprint density at radius 3 is 2.32 bits per heavy atom. The van der Waals surface area contributed by atoms with Crippen LogP contribution in [0.4, 0.5) is 0 Å². The van der Waals surface area contributed by atoms with Crippen molar-refractivity contribution in [3.8, 4) is 0 Å². The largest absolute Gasteiger partial charge is 0.481 e. The van der Waals surface area contributed by atoms with Gasteiger partial charge in [-0.3, -0.25) is 14.6 Å². The van der Waals surface area contributed by atoms with Gasteiger partial charge in [0.2, 0.25) is 5.91 Å². The van der Waals surface area contributed by atoms with Crippen molar-refractivity contribution >= 4 is 17.8 Å². The number of guanidine groups is 1. The van der Waals surface area contributed by atoms with Gasteiger partial charge in [0.05, 0.1) is 0 Å². The molecular weight excluding hydrogens is 248 g/mol. The zero-order chi connectivity index (χ0) is 14.5. The SMILES string of the molecule is NC(N)=NCCCCCC(=O)NCCCCC(=O)O. The number of nitrogens with one attached hydrogen (secondary N) is 1. The lowest BCUT2D eigenvalue weighted by molar-refractivity contribution is -0.137. The molecule has 1 amide bonds. The van der Waals surface area contributed by atoms with Crippen LogP contribution >= 0.6 is 0 Å². The van der Waals surface area contributed by atoms with E-state index in [-0.39, 0.29) is 18.3 Å². The molecule has 0 aromatic carbocycles. The van der Waals surface area contributed by atoms with E-state index in [1.165, 1.54) is 0 Å². The number of hydrogen-bond donors (Lipinski definition) is 4. The van der Waals surface area contributed by atoms with Gasteiger partial charge in [-0.2, -0.15) is 0 Å². The van der Waals surface area contributed by atoms with E-state index in [1.807, 2.05) is 0 Å². The standard InChI is InChI=1S/C12H24N4O3/c13-12(14)16-9-4-1-2-6-10(17)15-8-5-3-7-11(18)19/h1-9H2,(H,15,17)(H,18,19)(H4,13,14,16). The third-order valence-corrected chi connectivity index (χ3v) is 2.50. The van der Waals surface area contributed by atoms with Crippen molar-refractivity contribution in [1.29, 1.82) is 0 Å². The van der Waals surface area contributed by atoms with Gasteiger partial charge in [0.1, 0.15) is 0 Å². The Morgan fingerprint density at radius 2 is 1.68 bits per heavy atom. The average molecular weight is 272 g/mol. The predicted molar refractivity (Wildman–Crippen MR) is 73.6 cm³/mol. The Hall–Kier alpha value is -1.79. The lowest BCUT2D eigenvalue weighted by Crippen LogP contribution is -2.24. The zero-order valence-electron chi connectivity index (χ0n) is 11.2. The van der Waals surface area contributed by atoms with Crippen molar-refractivity contribution < 1.29 is 14.7 Å². The number of amides is 1. The van der Waals surface area contributed by atoms with E-state index in [0.717, 1.165) is 19.3 Å². The van der Waals surface area contributed by atoms with Crippen LogP contribution in [-0.4, -0.2) is 36.0 Å². The summed E-state index contributed by atoms with van der Waals surface area (Å²) in [4.78, 5) is 25.5. The molecule has 0 atom stereocenters. The monoisotopic (exact) mass is 272 g/mol. The molecule has 7 nitrogen and oxygen atoms in total. The van der Waals surface area contributed by atoms with Crippen molar-refractivity contribution in [2.75, 3.05) is 13.1 Å². The predicted octanol–water partition coefficient (Wildman–Crippen LogP) is 0.191. The summed E-state index contributed by atoms with van der Waals surface area (Å²) in [6, 6.07) is 0. The van der Waals surface area contributed by atoms with Crippen LogP contribution in [0.2, 0.25) is 0 Å². The number of aliphatic carboxylic acids is 1. The molecule has 7 heteroatoms. The maximum Gasteiger partial charge on any atom is 0.303 e. The molecule has 110 valence electrons. The zero-order valence-corrected chi connectivity index (χ0v) is 11.2. The molecule has 0 unspecified atom stereocenters. The Bertz CT molecular complexity index is 301. The van der Waals surface area contributed by atoms with Gasteiger partial charge < -0.3 is 21.9 Å². The minimum atomic E-state index is -0.799. The lowest BCUT2D eigenvalue weighted by atomic mass is 10.2. The molecule has 0 spiro atoms. The van der Waals surface area contributed by atoms with Crippen LogP contribution in [-0.2, 0) is 9.59 Å². The molecule has 0 aliphatic rings. The summed E-state index contributed by atoms with van der Waals surface area (Å²) in [5, 5.41) is 11.2. The van der Waals surface area contributed by atoms with E-state index < -0.39 is 5.97 Å². The number of nitrogens with zero attached hydrogens (tertiary/aromatic N) is 1. The normalized spacial score (nSPS) is 9.89. The molecular formula is C12H24N4O3. The number of carboxylic acid groups (broad SMARTS) is 1. The van der Waals surface area contributed by atoms with Crippen LogP contribution in [0.1, 0.15) is 44.9 Å². The molecule has 0 fully saturated rings. The summed E-state index contributed by atoms with van der Waals surface area (Å²) in [5.41, 5.74) is 10.4. The number of carboxylic acids is 1. The third-order valence-electron chi connectivity index (χ3n) is 2.50. The number of rotatable bonds is 11. The van der Waals surface area contributed by atoms with Gasteiger partial charge in [-0.05, 0) is 25.7 Å². The molecule has 19 heavy (non-hydrogen) atoms. The van der Waals surface area contributed by atoms with E-state index in [1.54, 1.807) is 0 Å². The van der Waals surface area contributed by atoms with E-state index in [2.05, 4.69) is 10.3 Å². The Kier molecular flexibility index (Phi) is 10.2. The summed E-state index contributed by atoms with van der Waals surface area (Å²) in [7, 11) is 0. The van der Waals surface area contributed by atoms with Gasteiger partial charge >= 0.3 is 5.97 Å². The summed E-state index contributed by atoms with van der Waals surface area (Å²) in [6.07, 6.45) is 4.51. The van der Waals surface area contributed by atoms with Crippen LogP contribution in [0.5, 0.6) is 0 Å². The minimum absolute atomic E-state index is 0.0113. The van der Waals surface area contributed by atoms with E-state index in [0.29, 0.717) is 32.4 Å². The molecule has 0 bridgehead atoms. The van der Waals surface area contributed by atoms with E-state index in [9.17, 15) is 9.59 Å². The van der Waals surface area contributed by atoms with Crippen molar-refractivity contribution in [3.05, 3.63) is 0 Å². The smallest absolute Gasteiger partial charge is 0.303 e. The van der Waals surface area contributed by atoms with Crippen LogP contribution < -0.4 is 16.8 Å². The second-order valence-electron chi connectivity index (χ2n) is 4.32. The second kappa shape index (κ2) is 11.3. The fourth-order valence-electron chi connectivity index (χ4n) is 1.50. The third kappa shape index (κ3) is 14.1. The Balaban J connectivity index is 3.30. The minimum Gasteiger partial charge on any atom is -0.481 e. The van der Waals surface area contributed by atoms with Crippen molar-refractivity contribution in [1.82, 2.24) is 5.32 Å². The highest BCUT2D eigenvalue weighted by molar-refractivity contribution is 5.76. The maximum absolute atomic E-state index is 11.4. The summed E-state index contributed by atoms with van der Waals surface area (Å²) >= 11 is 0. The van der Waals surface area contributed by atoms with E-state index in [4.69, 9.17) is 16.6 Å². The molecule has 0 aliphatic carbocycles. The molecule has 0 aromatic rings. The van der Waals surface area contributed by atoms with E-state index >= 15 is 0 Å². The van der Waals surface area contributed by atoms with Crippen LogP contribution in [0.3, 0.4) is 0 Å². The molecule has 0 aromatic heterocycles. The molecule has 0 heterocycles. The quantitative estimate of drug-likeness (QED) is 0.242. The van der Waals surface area contributed by atoms with Gasteiger partial charge in [0.25, 0.3) is 0 Å². The number of aliphatic imine (C=N–C) groups is 1. The van der Waals surface area contributed by atoms with Gasteiger partial charge in [-0.15, -0.1) is 0 Å². The van der Waals surface area contributed by atoms with Crippen LogP contribution in [0, 0.1) is 0 Å². The number of unbranched alkanes of at least 4 members (excludes halogenated alkanes) is 3. The first-order valence-electron chi connectivity index (χ1n) is 6.56. The van der Waals surface area contributed by atoms with Gasteiger partial charge in [0.15, 0.2) is 5.96 Å². The van der Waals surface area contributed by atoms with Crippen molar-refractivity contribution in [2.24, 2.45) is 16.5 Å². The lowest BCUT2D eigenvalue weighted by Gasteiger charge is -2.04. The van der Waals surface area contributed by atoms with Crippen LogP contribution in [0.25, 0.3) is 0 Å². The van der Waals surface area contributed by atoms with Gasteiger partial charge in [-0.1, -0.05) is 6.42 Å². The molecule has 0 aliphatic heterocycles. The van der Waals surface area contributed by atoms with Crippen molar-refractivity contribution in [3.63, 3.8) is 0 Å². The highest BCUT2D eigenvalue weighted by Crippen LogP contribution is 2.00. The highest BCUT2D eigenvalue weighted by atomic mass is 16.4. The molecule has 0 saturated carbocycles. The average Bonchev–Trinajstić information content (AvgIpc) is 2.32. The first-order valence-corrected chi connectivity index (χ1v) is 6.56. The molecule has 0 radical (unpaired) electrons. The summed E-state index contributed by atoms with van der Waals surface area (Å²) in [5.74, 6) is -0.691. The highest BCUT2D eigenvalue weighted by Gasteiger charge is 2.01. The number of carbonyl (C=O) groups is 2. The Labute approximate surface area is 113 Å². The maximum atomic E-state index is 11.4. The molecule has 0 saturated heterocycles. The first-order chi connectivity index (χ1) is 9.02. The fraction of sp³-hybridized carbons (Fsp3) is 0.750. The number of carbonyl (C=O) groups excluding carboxylic acids is 1. The first kappa shape index (κ1) is 17.2. The summed E-state index contributed by atoms with van der Waals surface area (Å²) < 4.78 is 0. The van der Waals surface area contributed by atoms with Gasteiger partial charge in [-0.25, -0.2) is 0 Å². The van der Waals surface area contributed by atoms with Crippen molar-refractivity contribution in [2.45, 2.75) is 44.9 Å².